The molecule has 4 aliphatic rings. The van der Waals surface area contributed by atoms with E-state index in [1.165, 1.54) is 12.8 Å². The summed E-state index contributed by atoms with van der Waals surface area (Å²) in [6, 6.07) is 35.9. The van der Waals surface area contributed by atoms with E-state index >= 15 is 0 Å². The molecule has 2 heterocycles. The molecule has 2 aliphatic heterocycles. The Hall–Kier alpha value is -6.69. The lowest BCUT2D eigenvalue weighted by Crippen LogP contribution is -2.30. The van der Waals surface area contributed by atoms with Crippen LogP contribution in [0.25, 0.3) is 21.5 Å². The monoisotopic (exact) mass is 1190 g/mol. The van der Waals surface area contributed by atoms with Gasteiger partial charge in [-0.25, -0.2) is 0 Å². The van der Waals surface area contributed by atoms with Crippen LogP contribution < -0.4 is 33.2 Å². The van der Waals surface area contributed by atoms with Gasteiger partial charge in [0.05, 0.1) is 43.5 Å². The average Bonchev–Trinajstić information content (AvgIpc) is 1.46. The van der Waals surface area contributed by atoms with Crippen LogP contribution in [0.15, 0.2) is 125 Å². The predicted octanol–water partition coefficient (Wildman–Crippen LogP) is 15.4. The lowest BCUT2D eigenvalue weighted by molar-refractivity contribution is -0.145. The van der Waals surface area contributed by atoms with Crippen molar-refractivity contribution in [1.29, 1.82) is 0 Å². The zero-order valence-corrected chi connectivity index (χ0v) is 50.4. The van der Waals surface area contributed by atoms with E-state index in [1.54, 1.807) is 36.0 Å². The van der Waals surface area contributed by atoms with Crippen LogP contribution in [-0.2, 0) is 38.1 Å². The van der Waals surface area contributed by atoms with Gasteiger partial charge in [0.15, 0.2) is 12.6 Å². The topological polar surface area (TPSA) is 176 Å². The van der Waals surface area contributed by atoms with Crippen LogP contribution in [-0.4, -0.2) is 82.7 Å². The predicted molar refractivity (Wildman–Crippen MR) is 327 cm³/mol. The van der Waals surface area contributed by atoms with Crippen molar-refractivity contribution >= 4 is 57.2 Å². The van der Waals surface area contributed by atoms with Crippen LogP contribution in [0.1, 0.15) is 135 Å². The first-order valence-corrected chi connectivity index (χ1v) is 32.2. The van der Waals surface area contributed by atoms with Crippen molar-refractivity contribution < 1.29 is 71.3 Å². The first-order chi connectivity index (χ1) is 42.2. The Morgan fingerprint density at radius 1 is 0.384 bits per heavy atom. The van der Waals surface area contributed by atoms with E-state index in [2.05, 4.69) is 13.0 Å². The minimum atomic E-state index is -0.359. The average molecular weight is 1200 g/mol. The van der Waals surface area contributed by atoms with Gasteiger partial charge in [-0.15, -0.1) is 0 Å². The first-order valence-electron chi connectivity index (χ1n) is 31.4. The minimum Gasteiger partial charge on any atom is -0.494 e. The standard InChI is InChI=1S/C70H82O15S/c1-2-3-4-9-38-77-55-30-34-60(35-31-55)86-64-44-52-43-58(84-69(73)50-18-14-48(15-19-50)67(71)82-56-26-22-53(23-27-56)75-39-10-5-7-12-41-78-65-46-80-65)32-36-61(52)62-37-33-59(45-63(62)64)85-70(74)51-20-16-49(17-21-51)68(72)83-57-28-24-54(25-29-57)76-40-11-6-8-13-42-79-66-47-81-66/h22-37,43-45,48-51,65-66H,2-21,38-42,46-47H2,1H3. The fourth-order valence-corrected chi connectivity index (χ4v) is 12.1. The summed E-state index contributed by atoms with van der Waals surface area (Å²) in [5, 5.41) is 3.67. The lowest BCUT2D eigenvalue weighted by Gasteiger charge is -2.26. The quantitative estimate of drug-likeness (QED) is 0.0122. The molecule has 0 N–H and O–H groups in total. The SMILES string of the molecule is CCCCCCOc1ccc(Sc2cc3cc(OC(=O)C4CCC(C(=O)Oc5ccc(OCCCCCCOC6CO6)cc5)CC4)ccc3c3ccc(OC(=O)C4CCC(C(=O)Oc5ccc(OCCCCCCOC6CO6)cc5)CC4)cc23)cc1. The molecule has 2 unspecified atom stereocenters. The Morgan fingerprint density at radius 3 is 1.15 bits per heavy atom. The Labute approximate surface area is 509 Å². The van der Waals surface area contributed by atoms with E-state index in [-0.39, 0.29) is 60.1 Å². The molecule has 10 rings (SSSR count). The maximum absolute atomic E-state index is 13.8. The van der Waals surface area contributed by atoms with E-state index in [4.69, 9.17) is 52.1 Å². The number of unbranched alkanes of at least 4 members (excludes halogenated alkanes) is 9. The summed E-state index contributed by atoms with van der Waals surface area (Å²) in [5.41, 5.74) is 0. The Kier molecular flexibility index (Phi) is 23.4. The molecule has 86 heavy (non-hydrogen) atoms. The summed E-state index contributed by atoms with van der Waals surface area (Å²) in [7, 11) is 0. The number of esters is 4. The van der Waals surface area contributed by atoms with Crippen LogP contribution in [0.4, 0.5) is 0 Å². The van der Waals surface area contributed by atoms with Crippen molar-refractivity contribution in [3.05, 3.63) is 115 Å². The van der Waals surface area contributed by atoms with Crippen LogP contribution >= 0.6 is 11.8 Å². The third kappa shape index (κ3) is 19.4. The summed E-state index contributed by atoms with van der Waals surface area (Å²) < 4.78 is 62.7. The van der Waals surface area contributed by atoms with Gasteiger partial charge in [0.2, 0.25) is 0 Å². The van der Waals surface area contributed by atoms with E-state index in [1.807, 2.05) is 84.9 Å². The number of fused-ring (bicyclic) bond motifs is 3. The van der Waals surface area contributed by atoms with Crippen molar-refractivity contribution in [2.24, 2.45) is 23.7 Å². The van der Waals surface area contributed by atoms with Gasteiger partial charge in [-0.3, -0.25) is 19.2 Å². The number of rotatable bonds is 34. The molecule has 0 bridgehead atoms. The Bertz CT molecular complexity index is 3120. The zero-order valence-electron chi connectivity index (χ0n) is 49.6. The van der Waals surface area contributed by atoms with E-state index in [0.29, 0.717) is 107 Å². The minimum absolute atomic E-state index is 0.0145. The van der Waals surface area contributed by atoms with Gasteiger partial charge >= 0.3 is 23.9 Å². The summed E-state index contributed by atoms with van der Waals surface area (Å²) in [5.74, 6) is 1.49. The molecule has 4 fully saturated rings. The number of hydrogen-bond acceptors (Lipinski definition) is 16. The van der Waals surface area contributed by atoms with Gasteiger partial charge in [-0.1, -0.05) is 62.9 Å². The molecule has 2 aliphatic carbocycles. The van der Waals surface area contributed by atoms with Gasteiger partial charge in [0.25, 0.3) is 0 Å². The summed E-state index contributed by atoms with van der Waals surface area (Å²) in [6.07, 6.45) is 16.9. The number of carbonyl (C=O) groups is 4. The summed E-state index contributed by atoms with van der Waals surface area (Å²) in [6.45, 7) is 6.98. The van der Waals surface area contributed by atoms with E-state index in [0.717, 1.165) is 126 Å². The fourth-order valence-electron chi connectivity index (χ4n) is 11.1. The third-order valence-corrected chi connectivity index (χ3v) is 17.4. The highest BCUT2D eigenvalue weighted by atomic mass is 32.2. The number of carbonyl (C=O) groups excluding carboxylic acids is 4. The van der Waals surface area contributed by atoms with Crippen LogP contribution in [0.5, 0.6) is 40.2 Å². The molecule has 2 atom stereocenters. The van der Waals surface area contributed by atoms with Crippen LogP contribution in [0.3, 0.4) is 0 Å². The molecule has 6 aromatic carbocycles. The number of epoxide rings is 2. The van der Waals surface area contributed by atoms with Gasteiger partial charge in [-0.05, 0) is 221 Å². The number of hydrogen-bond donors (Lipinski definition) is 0. The number of benzene rings is 6. The highest BCUT2D eigenvalue weighted by Crippen LogP contribution is 2.42. The second kappa shape index (κ2) is 32.3. The molecule has 0 radical (unpaired) electrons. The molecule has 2 saturated heterocycles. The van der Waals surface area contributed by atoms with Crippen molar-refractivity contribution in [3.8, 4) is 40.2 Å². The van der Waals surface area contributed by atoms with Crippen LogP contribution in [0, 0.1) is 23.7 Å². The Morgan fingerprint density at radius 2 is 0.733 bits per heavy atom. The third-order valence-electron chi connectivity index (χ3n) is 16.3. The molecular weight excluding hydrogens is 1110 g/mol. The smallest absolute Gasteiger partial charge is 0.314 e. The highest BCUT2D eigenvalue weighted by molar-refractivity contribution is 7.99. The van der Waals surface area contributed by atoms with E-state index in [9.17, 15) is 19.2 Å². The molecule has 6 aromatic rings. The van der Waals surface area contributed by atoms with Gasteiger partial charge in [0.1, 0.15) is 53.5 Å². The Balaban J connectivity index is 0.711. The summed E-state index contributed by atoms with van der Waals surface area (Å²) >= 11 is 1.59. The normalized spacial score (nSPS) is 19.8. The molecule has 0 spiro atoms. The van der Waals surface area contributed by atoms with E-state index < -0.39 is 0 Å². The largest absolute Gasteiger partial charge is 0.494 e. The van der Waals surface area contributed by atoms with Crippen molar-refractivity contribution in [2.75, 3.05) is 46.2 Å². The zero-order chi connectivity index (χ0) is 59.3. The number of ether oxygens (including phenoxy) is 11. The lowest BCUT2D eigenvalue weighted by atomic mass is 9.82. The van der Waals surface area contributed by atoms with Gasteiger partial charge in [0, 0.05) is 23.0 Å². The molecule has 0 amide bonds. The molecular formula is C70H82O15S. The maximum atomic E-state index is 13.8. The second-order valence-corrected chi connectivity index (χ2v) is 24.1. The fraction of sp³-hybridized carbons (Fsp3) is 0.486. The molecule has 2 saturated carbocycles. The van der Waals surface area contributed by atoms with Crippen LogP contribution in [0.2, 0.25) is 0 Å². The van der Waals surface area contributed by atoms with Crippen molar-refractivity contribution in [2.45, 2.75) is 158 Å². The van der Waals surface area contributed by atoms with Gasteiger partial charge < -0.3 is 52.1 Å². The first kappa shape index (κ1) is 62.4. The molecule has 15 nitrogen and oxygen atoms in total. The molecule has 458 valence electrons. The van der Waals surface area contributed by atoms with Crippen molar-refractivity contribution in [3.63, 3.8) is 0 Å². The molecule has 16 heteroatoms. The summed E-state index contributed by atoms with van der Waals surface area (Å²) in [4.78, 5) is 56.0. The maximum Gasteiger partial charge on any atom is 0.314 e. The molecule has 0 aromatic heterocycles. The van der Waals surface area contributed by atoms with Gasteiger partial charge in [-0.2, -0.15) is 0 Å². The van der Waals surface area contributed by atoms with Crippen molar-refractivity contribution in [1.82, 2.24) is 0 Å². The second-order valence-electron chi connectivity index (χ2n) is 23.0. The highest BCUT2D eigenvalue weighted by Gasteiger charge is 2.34.